The largest absolute Gasteiger partial charge is 0.467 e. The van der Waals surface area contributed by atoms with Crippen molar-refractivity contribution < 1.29 is 14.3 Å². The lowest BCUT2D eigenvalue weighted by Gasteiger charge is -2.31. The van der Waals surface area contributed by atoms with Gasteiger partial charge in [-0.1, -0.05) is 42.3 Å². The van der Waals surface area contributed by atoms with Crippen LogP contribution in [0.3, 0.4) is 0 Å². The minimum absolute atomic E-state index is 0.0333. The number of rotatable bonds is 6. The lowest BCUT2D eigenvalue weighted by atomic mass is 9.94. The SMILES string of the molecule is CCc1c(Cl)cccc1C1Cc2nc(OC)nc(N3CCCN=C(/C(Cl)=C(\N)C(=O)N(C)C)C3)c2CO1. The van der Waals surface area contributed by atoms with Gasteiger partial charge in [0.2, 0.25) is 0 Å². The van der Waals surface area contributed by atoms with Crippen LogP contribution in [0, 0.1) is 0 Å². The fourth-order valence-corrected chi connectivity index (χ4v) is 5.14. The second kappa shape index (κ2) is 11.7. The third-order valence-electron chi connectivity index (χ3n) is 6.55. The van der Waals surface area contributed by atoms with E-state index < -0.39 is 0 Å². The van der Waals surface area contributed by atoms with Crippen LogP contribution >= 0.6 is 23.2 Å². The van der Waals surface area contributed by atoms with E-state index in [1.165, 1.54) is 4.90 Å². The van der Waals surface area contributed by atoms with Crippen LogP contribution in [0.15, 0.2) is 33.9 Å². The molecule has 4 rings (SSSR count). The Hall–Kier alpha value is -2.88. The van der Waals surface area contributed by atoms with Gasteiger partial charge >= 0.3 is 6.01 Å². The van der Waals surface area contributed by atoms with Crippen molar-refractivity contribution in [2.45, 2.75) is 38.9 Å². The maximum Gasteiger partial charge on any atom is 0.318 e. The van der Waals surface area contributed by atoms with E-state index in [2.05, 4.69) is 32.9 Å². The van der Waals surface area contributed by atoms with Gasteiger partial charge in [0.15, 0.2) is 0 Å². The first-order valence-corrected chi connectivity index (χ1v) is 13.0. The van der Waals surface area contributed by atoms with Crippen LogP contribution in [-0.2, 0) is 29.0 Å². The summed E-state index contributed by atoms with van der Waals surface area (Å²) >= 11 is 13.0. The summed E-state index contributed by atoms with van der Waals surface area (Å²) in [5.74, 6) is 0.343. The smallest absolute Gasteiger partial charge is 0.318 e. The minimum atomic E-state index is -0.364. The molecular formula is C26H32Cl2N6O3. The molecule has 1 amide bonds. The number of fused-ring (bicyclic) bond motifs is 1. The molecule has 0 fully saturated rings. The summed E-state index contributed by atoms with van der Waals surface area (Å²) in [7, 11) is 4.80. The number of carbonyl (C=O) groups is 1. The molecule has 3 heterocycles. The van der Waals surface area contributed by atoms with E-state index in [0.29, 0.717) is 44.2 Å². The number of methoxy groups -OCH3 is 1. The summed E-state index contributed by atoms with van der Waals surface area (Å²) < 4.78 is 11.8. The Morgan fingerprint density at radius 1 is 1.32 bits per heavy atom. The predicted octanol–water partition coefficient (Wildman–Crippen LogP) is 3.66. The van der Waals surface area contributed by atoms with Crippen molar-refractivity contribution in [2.24, 2.45) is 10.7 Å². The lowest BCUT2D eigenvalue weighted by molar-refractivity contribution is -0.124. The highest BCUT2D eigenvalue weighted by Gasteiger charge is 2.31. The second-order valence-electron chi connectivity index (χ2n) is 9.15. The zero-order valence-electron chi connectivity index (χ0n) is 21.6. The molecular weight excluding hydrogens is 515 g/mol. The van der Waals surface area contributed by atoms with Crippen molar-refractivity contribution in [2.75, 3.05) is 45.7 Å². The van der Waals surface area contributed by atoms with Gasteiger partial charge in [-0.05, 0) is 30.0 Å². The van der Waals surface area contributed by atoms with Crippen LogP contribution in [0.1, 0.15) is 41.8 Å². The molecule has 1 aromatic carbocycles. The van der Waals surface area contributed by atoms with Gasteiger partial charge in [-0.25, -0.2) is 0 Å². The standard InChI is InChI=1S/C26H32Cl2N6O3/c1-5-15-16(8-6-9-18(15)27)21-12-19-17(14-37-21)24(32-26(31-19)36-4)34-11-7-10-30-20(13-34)22(28)23(29)25(35)33(2)3/h6,8-9,21H,5,7,10-14,29H2,1-4H3/b23-22+. The number of aliphatic imine (C=N–C) groups is 1. The normalized spacial score (nSPS) is 18.4. The number of anilines is 1. The van der Waals surface area contributed by atoms with E-state index in [0.717, 1.165) is 40.2 Å². The fourth-order valence-electron chi connectivity index (χ4n) is 4.63. The molecule has 0 saturated carbocycles. The molecule has 0 bridgehead atoms. The Morgan fingerprint density at radius 2 is 2.11 bits per heavy atom. The van der Waals surface area contributed by atoms with Crippen molar-refractivity contribution in [3.8, 4) is 6.01 Å². The molecule has 0 saturated heterocycles. The van der Waals surface area contributed by atoms with Crippen LogP contribution in [0.5, 0.6) is 6.01 Å². The van der Waals surface area contributed by atoms with Crippen molar-refractivity contribution in [1.29, 1.82) is 0 Å². The summed E-state index contributed by atoms with van der Waals surface area (Å²) in [6.07, 6.45) is 1.98. The molecule has 1 unspecified atom stereocenters. The predicted molar refractivity (Wildman–Crippen MR) is 146 cm³/mol. The first kappa shape index (κ1) is 27.2. The van der Waals surface area contributed by atoms with E-state index in [-0.39, 0.29) is 28.8 Å². The van der Waals surface area contributed by atoms with E-state index in [1.807, 2.05) is 12.1 Å². The number of amides is 1. The zero-order chi connectivity index (χ0) is 26.7. The summed E-state index contributed by atoms with van der Waals surface area (Å²) in [6, 6.07) is 6.19. The molecule has 1 atom stereocenters. The Balaban J connectivity index is 1.68. The number of benzene rings is 1. The Labute approximate surface area is 227 Å². The lowest BCUT2D eigenvalue weighted by Crippen LogP contribution is -2.35. The molecule has 2 aromatic rings. The van der Waals surface area contributed by atoms with Crippen molar-refractivity contribution >= 4 is 40.6 Å². The average molecular weight is 547 g/mol. The molecule has 0 aliphatic carbocycles. The van der Waals surface area contributed by atoms with Crippen LogP contribution < -0.4 is 15.4 Å². The van der Waals surface area contributed by atoms with Crippen LogP contribution in [0.2, 0.25) is 5.02 Å². The molecule has 2 N–H and O–H groups in total. The molecule has 11 heteroatoms. The first-order chi connectivity index (χ1) is 17.7. The number of carbonyl (C=O) groups excluding carboxylic acids is 1. The maximum atomic E-state index is 12.4. The number of likely N-dealkylation sites (N-methyl/N-ethyl adjacent to an activating group) is 1. The summed E-state index contributed by atoms with van der Waals surface area (Å²) in [4.78, 5) is 29.8. The molecule has 37 heavy (non-hydrogen) atoms. The second-order valence-corrected chi connectivity index (χ2v) is 9.94. The minimum Gasteiger partial charge on any atom is -0.467 e. The average Bonchev–Trinajstić information content (AvgIpc) is 3.17. The first-order valence-electron chi connectivity index (χ1n) is 12.2. The van der Waals surface area contributed by atoms with E-state index >= 15 is 0 Å². The highest BCUT2D eigenvalue weighted by Crippen LogP contribution is 2.37. The molecule has 0 spiro atoms. The van der Waals surface area contributed by atoms with Gasteiger partial charge in [0.1, 0.15) is 11.5 Å². The number of hydrogen-bond acceptors (Lipinski definition) is 8. The zero-order valence-corrected chi connectivity index (χ0v) is 23.1. The summed E-state index contributed by atoms with van der Waals surface area (Å²) in [6.45, 7) is 4.00. The summed E-state index contributed by atoms with van der Waals surface area (Å²) in [5, 5.41) is 0.897. The summed E-state index contributed by atoms with van der Waals surface area (Å²) in [5.41, 5.74) is 10.5. The van der Waals surface area contributed by atoms with Gasteiger partial charge in [-0.3, -0.25) is 9.79 Å². The monoisotopic (exact) mass is 546 g/mol. The van der Waals surface area contributed by atoms with Gasteiger partial charge in [-0.15, -0.1) is 0 Å². The number of ether oxygens (including phenoxy) is 2. The van der Waals surface area contributed by atoms with Crippen LogP contribution in [0.25, 0.3) is 0 Å². The Kier molecular flexibility index (Phi) is 8.56. The number of nitrogens with zero attached hydrogens (tertiary/aromatic N) is 5. The molecule has 198 valence electrons. The quantitative estimate of drug-likeness (QED) is 0.551. The number of aromatic nitrogens is 2. The van der Waals surface area contributed by atoms with Crippen LogP contribution in [0.4, 0.5) is 5.82 Å². The van der Waals surface area contributed by atoms with Gasteiger partial charge in [0, 0.05) is 44.2 Å². The Morgan fingerprint density at radius 3 is 2.81 bits per heavy atom. The number of hydrogen-bond donors (Lipinski definition) is 1. The van der Waals surface area contributed by atoms with Gasteiger partial charge in [-0.2, -0.15) is 9.97 Å². The third-order valence-corrected chi connectivity index (χ3v) is 7.33. The highest BCUT2D eigenvalue weighted by molar-refractivity contribution is 6.45. The third kappa shape index (κ3) is 5.68. The topological polar surface area (TPSA) is 106 Å². The van der Waals surface area contributed by atoms with E-state index in [1.54, 1.807) is 21.2 Å². The van der Waals surface area contributed by atoms with Gasteiger partial charge in [0.25, 0.3) is 5.91 Å². The molecule has 2 aliphatic heterocycles. The number of halogens is 2. The highest BCUT2D eigenvalue weighted by atomic mass is 35.5. The molecule has 2 aliphatic rings. The van der Waals surface area contributed by atoms with E-state index in [9.17, 15) is 4.79 Å². The Bertz CT molecular complexity index is 1250. The molecule has 0 radical (unpaired) electrons. The van der Waals surface area contributed by atoms with Crippen molar-refractivity contribution in [3.63, 3.8) is 0 Å². The van der Waals surface area contributed by atoms with Crippen molar-refractivity contribution in [3.05, 3.63) is 56.3 Å². The maximum absolute atomic E-state index is 12.4. The fraction of sp³-hybridized carbons (Fsp3) is 0.462. The molecule has 1 aromatic heterocycles. The molecule has 9 nitrogen and oxygen atoms in total. The van der Waals surface area contributed by atoms with Crippen LogP contribution in [-0.4, -0.2) is 67.3 Å². The van der Waals surface area contributed by atoms with Crippen molar-refractivity contribution in [1.82, 2.24) is 14.9 Å². The van der Waals surface area contributed by atoms with Gasteiger partial charge in [0.05, 0.1) is 42.8 Å². The van der Waals surface area contributed by atoms with E-state index in [4.69, 9.17) is 38.4 Å². The van der Waals surface area contributed by atoms with Gasteiger partial charge < -0.3 is 25.0 Å². The number of nitrogens with two attached hydrogens (primary N) is 1.